The van der Waals surface area contributed by atoms with Crippen LogP contribution in [0.5, 0.6) is 5.75 Å². The van der Waals surface area contributed by atoms with Crippen molar-refractivity contribution in [3.8, 4) is 5.75 Å². The minimum Gasteiger partial charge on any atom is -0.487 e. The summed E-state index contributed by atoms with van der Waals surface area (Å²) in [4.78, 5) is 15.8. The number of aromatic nitrogens is 2. The third-order valence-corrected chi connectivity index (χ3v) is 4.97. The highest BCUT2D eigenvalue weighted by atomic mass is 16.5. The molecular weight excluding hydrogens is 340 g/mol. The molecule has 136 valence electrons. The Morgan fingerprint density at radius 3 is 2.78 bits per heavy atom. The SMILES string of the molecule is Cc1c(CC(=O)O)c2cc(OCc3ccc4ccccc4n3)ccc2n1C. The molecule has 27 heavy (non-hydrogen) atoms. The molecule has 5 heteroatoms. The molecule has 0 amide bonds. The summed E-state index contributed by atoms with van der Waals surface area (Å²) in [6.07, 6.45) is -0.00113. The van der Waals surface area contributed by atoms with Crippen molar-refractivity contribution in [2.24, 2.45) is 7.05 Å². The molecule has 0 aliphatic carbocycles. The fourth-order valence-electron chi connectivity index (χ4n) is 3.44. The largest absolute Gasteiger partial charge is 0.487 e. The second-order valence-electron chi connectivity index (χ2n) is 6.66. The first-order valence-corrected chi connectivity index (χ1v) is 8.80. The fourth-order valence-corrected chi connectivity index (χ4v) is 3.44. The summed E-state index contributed by atoms with van der Waals surface area (Å²) in [7, 11) is 1.95. The maximum absolute atomic E-state index is 11.2. The van der Waals surface area contributed by atoms with Crippen LogP contribution < -0.4 is 4.74 Å². The van der Waals surface area contributed by atoms with Crippen molar-refractivity contribution in [2.45, 2.75) is 20.0 Å². The Morgan fingerprint density at radius 1 is 1.15 bits per heavy atom. The van der Waals surface area contributed by atoms with Crippen molar-refractivity contribution in [3.05, 3.63) is 71.5 Å². The van der Waals surface area contributed by atoms with Gasteiger partial charge >= 0.3 is 5.97 Å². The molecule has 0 radical (unpaired) electrons. The third kappa shape index (κ3) is 3.24. The van der Waals surface area contributed by atoms with Crippen LogP contribution in [0.15, 0.2) is 54.6 Å². The first-order valence-electron chi connectivity index (χ1n) is 8.80. The van der Waals surface area contributed by atoms with Crippen molar-refractivity contribution in [2.75, 3.05) is 0 Å². The minimum absolute atomic E-state index is 0.00113. The Labute approximate surface area is 156 Å². The number of rotatable bonds is 5. The number of hydrogen-bond donors (Lipinski definition) is 1. The van der Waals surface area contributed by atoms with Crippen LogP contribution in [0.4, 0.5) is 0 Å². The van der Waals surface area contributed by atoms with Gasteiger partial charge in [0, 0.05) is 29.0 Å². The van der Waals surface area contributed by atoms with E-state index in [0.717, 1.165) is 38.8 Å². The van der Waals surface area contributed by atoms with Gasteiger partial charge in [0.25, 0.3) is 0 Å². The molecule has 0 aliphatic rings. The highest BCUT2D eigenvalue weighted by Gasteiger charge is 2.15. The predicted octanol–water partition coefficient (Wildman–Crippen LogP) is 4.24. The summed E-state index contributed by atoms with van der Waals surface area (Å²) in [5.74, 6) is -0.132. The molecule has 4 aromatic rings. The highest BCUT2D eigenvalue weighted by molar-refractivity contribution is 5.90. The van der Waals surface area contributed by atoms with Crippen LogP contribution in [0.2, 0.25) is 0 Å². The zero-order valence-corrected chi connectivity index (χ0v) is 15.3. The van der Waals surface area contributed by atoms with Crippen LogP contribution >= 0.6 is 0 Å². The van der Waals surface area contributed by atoms with E-state index in [1.165, 1.54) is 0 Å². The average molecular weight is 360 g/mol. The van der Waals surface area contributed by atoms with Gasteiger partial charge in [0.05, 0.1) is 17.6 Å². The van der Waals surface area contributed by atoms with Crippen molar-refractivity contribution < 1.29 is 14.6 Å². The number of pyridine rings is 1. The number of carboxylic acid groups (broad SMARTS) is 1. The van der Waals surface area contributed by atoms with E-state index in [1.807, 2.05) is 73.1 Å². The van der Waals surface area contributed by atoms with Crippen molar-refractivity contribution in [1.29, 1.82) is 0 Å². The molecule has 0 saturated heterocycles. The van der Waals surface area contributed by atoms with Crippen LogP contribution in [0, 0.1) is 6.92 Å². The maximum Gasteiger partial charge on any atom is 0.307 e. The summed E-state index contributed by atoms with van der Waals surface area (Å²) in [6, 6.07) is 17.8. The molecule has 0 unspecified atom stereocenters. The van der Waals surface area contributed by atoms with E-state index in [4.69, 9.17) is 4.74 Å². The lowest BCUT2D eigenvalue weighted by Gasteiger charge is -2.08. The Bertz CT molecular complexity index is 1160. The number of hydrogen-bond acceptors (Lipinski definition) is 3. The standard InChI is InChI=1S/C22H20N2O3/c1-14-18(12-22(25)26)19-11-17(9-10-21(19)24(14)2)27-13-16-8-7-15-5-3-4-6-20(15)23-16/h3-11H,12-13H2,1-2H3,(H,25,26). The van der Waals surface area contributed by atoms with Gasteiger partial charge in [-0.05, 0) is 42.8 Å². The van der Waals surface area contributed by atoms with Crippen molar-refractivity contribution in [3.63, 3.8) is 0 Å². The lowest BCUT2D eigenvalue weighted by molar-refractivity contribution is -0.136. The van der Waals surface area contributed by atoms with E-state index in [2.05, 4.69) is 4.98 Å². The monoisotopic (exact) mass is 360 g/mol. The van der Waals surface area contributed by atoms with Crippen LogP contribution in [0.25, 0.3) is 21.8 Å². The number of ether oxygens (including phenoxy) is 1. The molecule has 2 aromatic heterocycles. The summed E-state index contributed by atoms with van der Waals surface area (Å²) in [5.41, 5.74) is 4.58. The smallest absolute Gasteiger partial charge is 0.307 e. The molecule has 0 aliphatic heterocycles. The van der Waals surface area contributed by atoms with Gasteiger partial charge in [0.1, 0.15) is 12.4 Å². The molecule has 2 aromatic carbocycles. The Balaban J connectivity index is 1.62. The second-order valence-corrected chi connectivity index (χ2v) is 6.66. The molecule has 5 nitrogen and oxygen atoms in total. The maximum atomic E-state index is 11.2. The second kappa shape index (κ2) is 6.76. The Hall–Kier alpha value is -3.34. The van der Waals surface area contributed by atoms with Gasteiger partial charge in [-0.1, -0.05) is 24.3 Å². The Morgan fingerprint density at radius 2 is 1.96 bits per heavy atom. The number of aliphatic carboxylic acids is 1. The first kappa shape index (κ1) is 17.1. The lowest BCUT2D eigenvalue weighted by Crippen LogP contribution is -2.02. The van der Waals surface area contributed by atoms with Crippen LogP contribution in [0.3, 0.4) is 0 Å². The van der Waals surface area contributed by atoms with Gasteiger partial charge in [0.2, 0.25) is 0 Å². The molecule has 2 heterocycles. The van der Waals surface area contributed by atoms with Crippen LogP contribution in [0.1, 0.15) is 17.0 Å². The number of carboxylic acids is 1. The fraction of sp³-hybridized carbons (Fsp3) is 0.182. The van der Waals surface area contributed by atoms with E-state index in [-0.39, 0.29) is 6.42 Å². The van der Waals surface area contributed by atoms with Gasteiger partial charge in [-0.25, -0.2) is 4.98 Å². The normalized spacial score (nSPS) is 11.2. The minimum atomic E-state index is -0.836. The summed E-state index contributed by atoms with van der Waals surface area (Å²) in [5, 5.41) is 11.2. The van der Waals surface area contributed by atoms with Gasteiger partial charge in [-0.15, -0.1) is 0 Å². The quantitative estimate of drug-likeness (QED) is 0.578. The van der Waals surface area contributed by atoms with E-state index in [1.54, 1.807) is 0 Å². The summed E-state index contributed by atoms with van der Waals surface area (Å²) >= 11 is 0. The third-order valence-electron chi connectivity index (χ3n) is 4.97. The van der Waals surface area contributed by atoms with E-state index >= 15 is 0 Å². The zero-order chi connectivity index (χ0) is 19.0. The highest BCUT2D eigenvalue weighted by Crippen LogP contribution is 2.29. The molecule has 0 fully saturated rings. The molecule has 0 atom stereocenters. The average Bonchev–Trinajstić information content (AvgIpc) is 2.90. The van der Waals surface area contributed by atoms with E-state index in [9.17, 15) is 9.90 Å². The number of aryl methyl sites for hydroxylation is 1. The molecule has 0 saturated carbocycles. The van der Waals surface area contributed by atoms with Crippen molar-refractivity contribution >= 4 is 27.8 Å². The molecule has 0 spiro atoms. The topological polar surface area (TPSA) is 64.3 Å². The first-order chi connectivity index (χ1) is 13.0. The number of carbonyl (C=O) groups is 1. The summed E-state index contributed by atoms with van der Waals surface area (Å²) in [6.45, 7) is 2.30. The Kier molecular flexibility index (Phi) is 4.28. The lowest BCUT2D eigenvalue weighted by atomic mass is 10.1. The number of fused-ring (bicyclic) bond motifs is 2. The predicted molar refractivity (Wildman–Crippen MR) is 105 cm³/mol. The van der Waals surface area contributed by atoms with Gasteiger partial charge in [0.15, 0.2) is 0 Å². The molecular formula is C22H20N2O3. The number of para-hydroxylation sites is 1. The zero-order valence-electron chi connectivity index (χ0n) is 15.3. The van der Waals surface area contributed by atoms with Crippen LogP contribution in [-0.4, -0.2) is 20.6 Å². The summed E-state index contributed by atoms with van der Waals surface area (Å²) < 4.78 is 7.96. The van der Waals surface area contributed by atoms with Gasteiger partial charge < -0.3 is 14.4 Å². The number of nitrogens with zero attached hydrogens (tertiary/aromatic N) is 2. The van der Waals surface area contributed by atoms with Crippen molar-refractivity contribution in [1.82, 2.24) is 9.55 Å². The molecule has 4 rings (SSSR count). The molecule has 0 bridgehead atoms. The van der Waals surface area contributed by atoms with Crippen LogP contribution in [-0.2, 0) is 24.9 Å². The number of benzene rings is 2. The van der Waals surface area contributed by atoms with Gasteiger partial charge in [-0.2, -0.15) is 0 Å². The molecule has 1 N–H and O–H groups in total. The van der Waals surface area contributed by atoms with E-state index in [0.29, 0.717) is 12.4 Å². The van der Waals surface area contributed by atoms with E-state index < -0.39 is 5.97 Å². The van der Waals surface area contributed by atoms with Gasteiger partial charge in [-0.3, -0.25) is 4.79 Å².